The SMILES string of the molecule is Bc1ccc(-c2ccccc2)c(F)c1. The number of rotatable bonds is 1. The molecule has 0 amide bonds. The predicted octanol–water partition coefficient (Wildman–Crippen LogP) is 1.75. The second-order valence-electron chi connectivity index (χ2n) is 3.35. The van der Waals surface area contributed by atoms with Crippen LogP contribution in [0.5, 0.6) is 0 Å². The van der Waals surface area contributed by atoms with E-state index in [4.69, 9.17) is 0 Å². The highest BCUT2D eigenvalue weighted by Gasteiger charge is 2.03. The Bertz CT molecular complexity index is 437. The molecule has 0 N–H and O–H groups in total. The van der Waals surface area contributed by atoms with Crippen LogP contribution < -0.4 is 5.46 Å². The predicted molar refractivity (Wildman–Crippen MR) is 60.0 cm³/mol. The summed E-state index contributed by atoms with van der Waals surface area (Å²) in [5.41, 5.74) is 2.53. The van der Waals surface area contributed by atoms with E-state index in [0.717, 1.165) is 11.0 Å². The van der Waals surface area contributed by atoms with Crippen LogP contribution in [0.25, 0.3) is 11.1 Å². The maximum absolute atomic E-state index is 13.5. The van der Waals surface area contributed by atoms with Crippen LogP contribution in [0.3, 0.4) is 0 Å². The van der Waals surface area contributed by atoms with Crippen molar-refractivity contribution in [3.8, 4) is 11.1 Å². The van der Waals surface area contributed by atoms with Gasteiger partial charge in [0.25, 0.3) is 0 Å². The lowest BCUT2D eigenvalue weighted by atomic mass is 9.93. The van der Waals surface area contributed by atoms with Gasteiger partial charge in [0.1, 0.15) is 13.7 Å². The Balaban J connectivity index is 2.53. The van der Waals surface area contributed by atoms with Gasteiger partial charge in [-0.1, -0.05) is 47.9 Å². The second-order valence-corrected chi connectivity index (χ2v) is 3.35. The molecule has 0 fully saturated rings. The van der Waals surface area contributed by atoms with Crippen molar-refractivity contribution in [1.82, 2.24) is 0 Å². The van der Waals surface area contributed by atoms with Gasteiger partial charge < -0.3 is 0 Å². The average molecular weight is 184 g/mol. The van der Waals surface area contributed by atoms with Crippen molar-refractivity contribution in [3.05, 3.63) is 54.3 Å². The molecule has 0 unspecified atom stereocenters. The fourth-order valence-corrected chi connectivity index (χ4v) is 1.47. The van der Waals surface area contributed by atoms with Crippen LogP contribution in [0.1, 0.15) is 0 Å². The minimum Gasteiger partial charge on any atom is -0.206 e. The quantitative estimate of drug-likeness (QED) is 0.592. The Morgan fingerprint density at radius 2 is 1.64 bits per heavy atom. The van der Waals surface area contributed by atoms with Gasteiger partial charge in [-0.3, -0.25) is 0 Å². The van der Waals surface area contributed by atoms with Gasteiger partial charge in [0.15, 0.2) is 0 Å². The molecule has 2 aromatic rings. The maximum Gasteiger partial charge on any atom is 0.139 e. The molecular formula is C12H10BF. The highest BCUT2D eigenvalue weighted by atomic mass is 19.1. The van der Waals surface area contributed by atoms with Crippen molar-refractivity contribution >= 4 is 13.3 Å². The summed E-state index contributed by atoms with van der Waals surface area (Å²) in [7, 11) is 1.89. The van der Waals surface area contributed by atoms with Crippen molar-refractivity contribution in [3.63, 3.8) is 0 Å². The first-order valence-corrected chi connectivity index (χ1v) is 4.59. The molecule has 2 aromatic carbocycles. The van der Waals surface area contributed by atoms with Crippen LogP contribution in [0, 0.1) is 5.82 Å². The van der Waals surface area contributed by atoms with Crippen LogP contribution in [0.4, 0.5) is 4.39 Å². The molecule has 0 heterocycles. The van der Waals surface area contributed by atoms with Gasteiger partial charge in [-0.05, 0) is 11.6 Å². The van der Waals surface area contributed by atoms with E-state index in [2.05, 4.69) is 0 Å². The van der Waals surface area contributed by atoms with Crippen molar-refractivity contribution < 1.29 is 4.39 Å². The molecule has 2 rings (SSSR count). The number of halogens is 1. The molecule has 0 aromatic heterocycles. The van der Waals surface area contributed by atoms with E-state index in [0.29, 0.717) is 5.56 Å². The molecule has 0 saturated carbocycles. The third-order valence-electron chi connectivity index (χ3n) is 2.21. The fourth-order valence-electron chi connectivity index (χ4n) is 1.47. The van der Waals surface area contributed by atoms with Crippen LogP contribution in [0.2, 0.25) is 0 Å². The molecule has 0 spiro atoms. The van der Waals surface area contributed by atoms with Crippen molar-refractivity contribution in [1.29, 1.82) is 0 Å². The van der Waals surface area contributed by atoms with Gasteiger partial charge in [0.2, 0.25) is 0 Å². The summed E-state index contributed by atoms with van der Waals surface area (Å²) in [5.74, 6) is -0.156. The molecule has 0 nitrogen and oxygen atoms in total. The monoisotopic (exact) mass is 184 g/mol. The average Bonchev–Trinajstić information content (AvgIpc) is 2.19. The Hall–Kier alpha value is -1.57. The molecule has 0 aliphatic rings. The van der Waals surface area contributed by atoms with Gasteiger partial charge in [-0.25, -0.2) is 4.39 Å². The van der Waals surface area contributed by atoms with Crippen molar-refractivity contribution in [2.24, 2.45) is 0 Å². The zero-order valence-electron chi connectivity index (χ0n) is 8.00. The third-order valence-corrected chi connectivity index (χ3v) is 2.21. The molecule has 0 atom stereocenters. The first-order valence-electron chi connectivity index (χ1n) is 4.59. The molecule has 2 heteroatoms. The van der Waals surface area contributed by atoms with Gasteiger partial charge in [-0.2, -0.15) is 0 Å². The summed E-state index contributed by atoms with van der Waals surface area (Å²) >= 11 is 0. The van der Waals surface area contributed by atoms with Crippen molar-refractivity contribution in [2.75, 3.05) is 0 Å². The van der Waals surface area contributed by atoms with Crippen LogP contribution >= 0.6 is 0 Å². The highest BCUT2D eigenvalue weighted by Crippen LogP contribution is 2.20. The second kappa shape index (κ2) is 3.66. The van der Waals surface area contributed by atoms with E-state index in [1.807, 2.05) is 50.3 Å². The largest absolute Gasteiger partial charge is 0.206 e. The number of benzene rings is 2. The van der Waals surface area contributed by atoms with Crippen LogP contribution in [-0.2, 0) is 0 Å². The van der Waals surface area contributed by atoms with E-state index >= 15 is 0 Å². The topological polar surface area (TPSA) is 0 Å². The summed E-state index contributed by atoms with van der Waals surface area (Å²) in [6.07, 6.45) is 0. The molecule has 0 aliphatic carbocycles. The normalized spacial score (nSPS) is 10.1. The minimum absolute atomic E-state index is 0.156. The van der Waals surface area contributed by atoms with Gasteiger partial charge >= 0.3 is 0 Å². The summed E-state index contributed by atoms with van der Waals surface area (Å²) in [5, 5.41) is 0. The molecule has 0 bridgehead atoms. The Morgan fingerprint density at radius 1 is 0.929 bits per heavy atom. The lowest BCUT2D eigenvalue weighted by Crippen LogP contribution is -2.02. The Kier molecular flexibility index (Phi) is 2.36. The zero-order valence-corrected chi connectivity index (χ0v) is 8.00. The summed E-state index contributed by atoms with van der Waals surface area (Å²) < 4.78 is 13.5. The Morgan fingerprint density at radius 3 is 2.29 bits per heavy atom. The fraction of sp³-hybridized carbons (Fsp3) is 0. The first kappa shape index (κ1) is 9.01. The maximum atomic E-state index is 13.5. The molecule has 0 aliphatic heterocycles. The standard InChI is InChI=1S/C12H10BF/c13-10-6-7-11(12(14)8-10)9-4-2-1-3-5-9/h1-8H,13H2. The van der Waals surface area contributed by atoms with E-state index in [-0.39, 0.29) is 5.82 Å². The lowest BCUT2D eigenvalue weighted by molar-refractivity contribution is 0.632. The Labute approximate surface area is 83.8 Å². The van der Waals surface area contributed by atoms with E-state index in [1.54, 1.807) is 6.07 Å². The molecule has 14 heavy (non-hydrogen) atoms. The summed E-state index contributed by atoms with van der Waals surface area (Å²) in [6, 6.07) is 14.9. The van der Waals surface area contributed by atoms with Crippen LogP contribution in [-0.4, -0.2) is 7.85 Å². The number of hydrogen-bond donors (Lipinski definition) is 0. The van der Waals surface area contributed by atoms with E-state index in [9.17, 15) is 4.39 Å². The smallest absolute Gasteiger partial charge is 0.139 e. The molecular weight excluding hydrogens is 174 g/mol. The first-order chi connectivity index (χ1) is 6.77. The lowest BCUT2D eigenvalue weighted by Gasteiger charge is -2.03. The summed E-state index contributed by atoms with van der Waals surface area (Å²) in [4.78, 5) is 0. The van der Waals surface area contributed by atoms with Gasteiger partial charge in [-0.15, -0.1) is 0 Å². The van der Waals surface area contributed by atoms with E-state index < -0.39 is 0 Å². The minimum atomic E-state index is -0.156. The summed E-state index contributed by atoms with van der Waals surface area (Å²) in [6.45, 7) is 0. The number of hydrogen-bond acceptors (Lipinski definition) is 0. The molecule has 0 saturated heterocycles. The molecule has 0 radical (unpaired) electrons. The highest BCUT2D eigenvalue weighted by molar-refractivity contribution is 6.32. The third kappa shape index (κ3) is 1.69. The van der Waals surface area contributed by atoms with Crippen LogP contribution in [0.15, 0.2) is 48.5 Å². The van der Waals surface area contributed by atoms with E-state index in [1.165, 1.54) is 0 Å². The molecule has 68 valence electrons. The van der Waals surface area contributed by atoms with Gasteiger partial charge in [0.05, 0.1) is 0 Å². The van der Waals surface area contributed by atoms with Crippen molar-refractivity contribution in [2.45, 2.75) is 0 Å². The van der Waals surface area contributed by atoms with Gasteiger partial charge in [0, 0.05) is 5.56 Å². The zero-order chi connectivity index (χ0) is 9.97.